The Bertz CT molecular complexity index is 397. The lowest BCUT2D eigenvalue weighted by Gasteiger charge is -2.12. The molecule has 0 aromatic heterocycles. The van der Waals surface area contributed by atoms with Crippen molar-refractivity contribution in [2.24, 2.45) is 0 Å². The van der Waals surface area contributed by atoms with Gasteiger partial charge in [-0.05, 0) is 31.4 Å². The van der Waals surface area contributed by atoms with E-state index in [1.165, 1.54) is 0 Å². The fourth-order valence-corrected chi connectivity index (χ4v) is 1.69. The molecule has 98 valence electrons. The summed E-state index contributed by atoms with van der Waals surface area (Å²) < 4.78 is 0. The molecule has 0 aliphatic heterocycles. The van der Waals surface area contributed by atoms with E-state index in [-0.39, 0.29) is 0 Å². The normalized spacial score (nSPS) is 13.9. The number of carbonyl (C=O) groups is 1. The van der Waals surface area contributed by atoms with E-state index >= 15 is 0 Å². The summed E-state index contributed by atoms with van der Waals surface area (Å²) in [5.41, 5.74) is 2.00. The summed E-state index contributed by atoms with van der Waals surface area (Å²) in [6.07, 6.45) is 2.84. The molecule has 1 aromatic rings. The number of carboxylic acids is 1. The highest BCUT2D eigenvalue weighted by Crippen LogP contribution is 2.16. The van der Waals surface area contributed by atoms with Crippen LogP contribution in [0, 0.1) is 0 Å². The maximum absolute atomic E-state index is 10.8. The second-order valence-corrected chi connectivity index (χ2v) is 4.61. The summed E-state index contributed by atoms with van der Waals surface area (Å²) >= 11 is 0. The van der Waals surface area contributed by atoms with Crippen LogP contribution in [-0.2, 0) is 11.3 Å². The minimum absolute atomic E-state index is 0.403. The highest BCUT2D eigenvalue weighted by molar-refractivity contribution is 5.75. The average Bonchev–Trinajstić information content (AvgIpc) is 2.36. The monoisotopic (exact) mass is 247 g/mol. The van der Waals surface area contributed by atoms with Crippen LogP contribution in [0.4, 0.5) is 0 Å². The Labute approximate surface area is 109 Å². The highest BCUT2D eigenvalue weighted by atomic mass is 16.4. The topological polar surface area (TPSA) is 49.3 Å². The van der Waals surface area contributed by atoms with Crippen molar-refractivity contribution in [3.8, 4) is 0 Å². The molecular formula is C15H21NO2. The zero-order valence-corrected chi connectivity index (χ0v) is 11.0. The standard InChI is InChI=1S/C15H21NO2/c1-4-5-11(2)16-10-13-6-8-14(9-7-13)12(3)15(17)18/h4,6-9,11-12,16H,1,5,10H2,2-3H3,(H,17,18). The molecular weight excluding hydrogens is 226 g/mol. The zero-order chi connectivity index (χ0) is 13.5. The summed E-state index contributed by atoms with van der Waals surface area (Å²) in [4.78, 5) is 10.8. The molecule has 0 fully saturated rings. The second kappa shape index (κ2) is 6.97. The third kappa shape index (κ3) is 4.34. The molecule has 2 unspecified atom stereocenters. The van der Waals surface area contributed by atoms with Gasteiger partial charge >= 0.3 is 5.97 Å². The molecule has 3 heteroatoms. The van der Waals surface area contributed by atoms with Gasteiger partial charge in [0.1, 0.15) is 0 Å². The molecule has 0 saturated heterocycles. The molecule has 0 saturated carbocycles. The van der Waals surface area contributed by atoms with Crippen LogP contribution >= 0.6 is 0 Å². The molecule has 0 bridgehead atoms. The maximum Gasteiger partial charge on any atom is 0.310 e. The first-order valence-corrected chi connectivity index (χ1v) is 6.20. The number of benzene rings is 1. The van der Waals surface area contributed by atoms with Crippen molar-refractivity contribution in [3.05, 3.63) is 48.0 Å². The van der Waals surface area contributed by atoms with E-state index in [1.54, 1.807) is 6.92 Å². The van der Waals surface area contributed by atoms with Gasteiger partial charge in [-0.3, -0.25) is 4.79 Å². The first kappa shape index (κ1) is 14.5. The molecule has 0 heterocycles. The zero-order valence-electron chi connectivity index (χ0n) is 11.0. The molecule has 0 amide bonds. The fraction of sp³-hybridized carbons (Fsp3) is 0.400. The van der Waals surface area contributed by atoms with Gasteiger partial charge in [0, 0.05) is 12.6 Å². The molecule has 3 nitrogen and oxygen atoms in total. The second-order valence-electron chi connectivity index (χ2n) is 4.61. The van der Waals surface area contributed by atoms with Crippen LogP contribution in [0.3, 0.4) is 0 Å². The van der Waals surface area contributed by atoms with Crippen LogP contribution in [0.2, 0.25) is 0 Å². The predicted molar refractivity (Wildman–Crippen MR) is 73.6 cm³/mol. The number of hydrogen-bond acceptors (Lipinski definition) is 2. The van der Waals surface area contributed by atoms with E-state index in [1.807, 2.05) is 30.3 Å². The van der Waals surface area contributed by atoms with Gasteiger partial charge in [0.05, 0.1) is 5.92 Å². The number of hydrogen-bond donors (Lipinski definition) is 2. The molecule has 1 rings (SSSR count). The van der Waals surface area contributed by atoms with Crippen LogP contribution < -0.4 is 5.32 Å². The average molecular weight is 247 g/mol. The lowest BCUT2D eigenvalue weighted by molar-refractivity contribution is -0.138. The van der Waals surface area contributed by atoms with Gasteiger partial charge in [0.25, 0.3) is 0 Å². The molecule has 2 N–H and O–H groups in total. The van der Waals surface area contributed by atoms with Crippen LogP contribution in [0.15, 0.2) is 36.9 Å². The predicted octanol–water partition coefficient (Wildman–Crippen LogP) is 2.93. The minimum Gasteiger partial charge on any atom is -0.481 e. The Morgan fingerprint density at radius 2 is 2.00 bits per heavy atom. The number of aliphatic carboxylic acids is 1. The number of nitrogens with one attached hydrogen (secondary N) is 1. The highest BCUT2D eigenvalue weighted by Gasteiger charge is 2.12. The smallest absolute Gasteiger partial charge is 0.310 e. The lowest BCUT2D eigenvalue weighted by Crippen LogP contribution is -2.24. The molecule has 18 heavy (non-hydrogen) atoms. The summed E-state index contributed by atoms with van der Waals surface area (Å²) in [6.45, 7) is 8.31. The van der Waals surface area contributed by atoms with Gasteiger partial charge < -0.3 is 10.4 Å². The van der Waals surface area contributed by atoms with E-state index in [0.717, 1.165) is 24.1 Å². The Morgan fingerprint density at radius 3 is 2.50 bits per heavy atom. The van der Waals surface area contributed by atoms with Gasteiger partial charge in [0.2, 0.25) is 0 Å². The van der Waals surface area contributed by atoms with Gasteiger partial charge in [-0.15, -0.1) is 6.58 Å². The number of rotatable bonds is 7. The van der Waals surface area contributed by atoms with Crippen molar-refractivity contribution in [2.45, 2.75) is 38.8 Å². The molecule has 0 aliphatic rings. The quantitative estimate of drug-likeness (QED) is 0.728. The van der Waals surface area contributed by atoms with Crippen LogP contribution in [0.1, 0.15) is 37.3 Å². The summed E-state index contributed by atoms with van der Waals surface area (Å²) in [6, 6.07) is 8.12. The van der Waals surface area contributed by atoms with Crippen LogP contribution in [-0.4, -0.2) is 17.1 Å². The number of carboxylic acid groups (broad SMARTS) is 1. The van der Waals surface area contributed by atoms with Crippen LogP contribution in [0.5, 0.6) is 0 Å². The van der Waals surface area contributed by atoms with Gasteiger partial charge in [0.15, 0.2) is 0 Å². The van der Waals surface area contributed by atoms with Crippen molar-refractivity contribution in [1.29, 1.82) is 0 Å². The van der Waals surface area contributed by atoms with Crippen LogP contribution in [0.25, 0.3) is 0 Å². The Kier molecular flexibility index (Phi) is 5.59. The van der Waals surface area contributed by atoms with Crippen molar-refractivity contribution in [1.82, 2.24) is 5.32 Å². The van der Waals surface area contributed by atoms with E-state index < -0.39 is 11.9 Å². The molecule has 0 spiro atoms. The van der Waals surface area contributed by atoms with E-state index in [9.17, 15) is 4.79 Å². The summed E-state index contributed by atoms with van der Waals surface area (Å²) in [7, 11) is 0. The largest absolute Gasteiger partial charge is 0.481 e. The van der Waals surface area contributed by atoms with E-state index in [2.05, 4.69) is 18.8 Å². The molecule has 0 radical (unpaired) electrons. The molecule has 0 aliphatic carbocycles. The fourth-order valence-electron chi connectivity index (χ4n) is 1.69. The third-order valence-corrected chi connectivity index (χ3v) is 3.03. The minimum atomic E-state index is -0.791. The Balaban J connectivity index is 2.55. The van der Waals surface area contributed by atoms with Crippen molar-refractivity contribution < 1.29 is 9.90 Å². The first-order chi connectivity index (χ1) is 8.54. The van der Waals surface area contributed by atoms with Gasteiger partial charge in [-0.25, -0.2) is 0 Å². The summed E-state index contributed by atoms with van der Waals surface area (Å²) in [5.74, 6) is -1.24. The van der Waals surface area contributed by atoms with E-state index in [4.69, 9.17) is 5.11 Å². The maximum atomic E-state index is 10.8. The molecule has 2 atom stereocenters. The lowest BCUT2D eigenvalue weighted by atomic mass is 10.00. The van der Waals surface area contributed by atoms with Gasteiger partial charge in [-0.2, -0.15) is 0 Å². The van der Waals surface area contributed by atoms with Crippen molar-refractivity contribution in [3.63, 3.8) is 0 Å². The van der Waals surface area contributed by atoms with E-state index in [0.29, 0.717) is 6.04 Å². The Morgan fingerprint density at radius 1 is 1.39 bits per heavy atom. The SMILES string of the molecule is C=CCC(C)NCc1ccc(C(C)C(=O)O)cc1. The molecule has 1 aromatic carbocycles. The third-order valence-electron chi connectivity index (χ3n) is 3.03. The first-order valence-electron chi connectivity index (χ1n) is 6.20. The Hall–Kier alpha value is -1.61. The summed E-state index contributed by atoms with van der Waals surface area (Å²) in [5, 5.41) is 12.3. The van der Waals surface area contributed by atoms with Gasteiger partial charge in [-0.1, -0.05) is 30.3 Å². The van der Waals surface area contributed by atoms with Crippen molar-refractivity contribution >= 4 is 5.97 Å². The van der Waals surface area contributed by atoms with Crippen molar-refractivity contribution in [2.75, 3.05) is 0 Å².